The third-order valence-corrected chi connectivity index (χ3v) is 2.43. The zero-order chi connectivity index (χ0) is 10.7. The molecule has 1 aromatic rings. The minimum atomic E-state index is -0.0596. The molecule has 0 saturated carbocycles. The first-order chi connectivity index (χ1) is 6.57. The van der Waals surface area contributed by atoms with Crippen LogP contribution < -0.4 is 0 Å². The topological polar surface area (TPSA) is 0 Å². The number of benzene rings is 1. The van der Waals surface area contributed by atoms with Gasteiger partial charge in [-0.2, -0.15) is 0 Å². The van der Waals surface area contributed by atoms with Crippen LogP contribution >= 0.6 is 0 Å². The smallest absolute Gasteiger partial charge is 0.130 e. The summed E-state index contributed by atoms with van der Waals surface area (Å²) in [6.45, 7) is 7.78. The molecule has 0 aromatic heterocycles. The van der Waals surface area contributed by atoms with Gasteiger partial charge in [0.25, 0.3) is 0 Å². The van der Waals surface area contributed by atoms with E-state index in [0.29, 0.717) is 0 Å². The summed E-state index contributed by atoms with van der Waals surface area (Å²) in [6, 6.07) is 3.86. The highest BCUT2D eigenvalue weighted by molar-refractivity contribution is 5.54. The van der Waals surface area contributed by atoms with E-state index in [0.717, 1.165) is 16.7 Å². The van der Waals surface area contributed by atoms with E-state index < -0.39 is 0 Å². The highest BCUT2D eigenvalue weighted by Crippen LogP contribution is 2.24. The van der Waals surface area contributed by atoms with Crippen LogP contribution in [-0.2, 0) is 0 Å². The quantitative estimate of drug-likeness (QED) is 0.655. The second-order valence-corrected chi connectivity index (χ2v) is 3.84. The van der Waals surface area contributed by atoms with Crippen molar-refractivity contribution < 1.29 is 4.39 Å². The van der Waals surface area contributed by atoms with Crippen LogP contribution in [0.1, 0.15) is 43.4 Å². The highest BCUT2D eigenvalue weighted by Gasteiger charge is 2.10. The van der Waals surface area contributed by atoms with Gasteiger partial charge in [-0.3, -0.25) is 0 Å². The van der Waals surface area contributed by atoms with Crippen molar-refractivity contribution >= 4 is 6.08 Å². The molecule has 1 heteroatoms. The van der Waals surface area contributed by atoms with E-state index in [1.165, 1.54) is 0 Å². The molecule has 0 nitrogen and oxygen atoms in total. The lowest BCUT2D eigenvalue weighted by Crippen LogP contribution is -1.97. The molecule has 0 radical (unpaired) electrons. The Labute approximate surface area is 85.5 Å². The maximum atomic E-state index is 13.8. The van der Waals surface area contributed by atoms with E-state index in [9.17, 15) is 4.39 Å². The molecule has 0 spiro atoms. The summed E-state index contributed by atoms with van der Waals surface area (Å²) >= 11 is 0. The largest absolute Gasteiger partial charge is 0.206 e. The minimum Gasteiger partial charge on any atom is -0.206 e. The van der Waals surface area contributed by atoms with Gasteiger partial charge in [-0.05, 0) is 36.5 Å². The summed E-state index contributed by atoms with van der Waals surface area (Å²) in [5.41, 5.74) is 2.51. The van der Waals surface area contributed by atoms with Crippen molar-refractivity contribution in [3.05, 3.63) is 40.7 Å². The average molecular weight is 192 g/mol. The number of hydrogen-bond donors (Lipinski definition) is 0. The zero-order valence-electron chi connectivity index (χ0n) is 9.26. The molecule has 0 N–H and O–H groups in total. The lowest BCUT2D eigenvalue weighted by atomic mass is 9.97. The molecule has 1 aromatic carbocycles. The van der Waals surface area contributed by atoms with Gasteiger partial charge in [0.15, 0.2) is 0 Å². The molecule has 76 valence electrons. The van der Waals surface area contributed by atoms with Crippen molar-refractivity contribution in [2.75, 3.05) is 0 Å². The van der Waals surface area contributed by atoms with Gasteiger partial charge >= 0.3 is 0 Å². The van der Waals surface area contributed by atoms with Crippen molar-refractivity contribution in [3.63, 3.8) is 0 Å². The third-order valence-electron chi connectivity index (χ3n) is 2.43. The second-order valence-electron chi connectivity index (χ2n) is 3.84. The molecule has 0 unspecified atom stereocenters. The lowest BCUT2D eigenvalue weighted by molar-refractivity contribution is 0.589. The molecule has 14 heavy (non-hydrogen) atoms. The predicted octanol–water partition coefficient (Wildman–Crippen LogP) is 4.29. The van der Waals surface area contributed by atoms with Crippen molar-refractivity contribution in [1.29, 1.82) is 0 Å². The molecule has 0 amide bonds. The number of hydrogen-bond acceptors (Lipinski definition) is 0. The van der Waals surface area contributed by atoms with Crippen molar-refractivity contribution in [2.45, 2.75) is 33.6 Å². The van der Waals surface area contributed by atoms with Crippen LogP contribution in [0.2, 0.25) is 0 Å². The van der Waals surface area contributed by atoms with Crippen molar-refractivity contribution in [3.8, 4) is 0 Å². The molecule has 0 aliphatic heterocycles. The van der Waals surface area contributed by atoms with Crippen LogP contribution in [0, 0.1) is 12.7 Å². The second kappa shape index (κ2) is 4.41. The summed E-state index contributed by atoms with van der Waals surface area (Å²) in [5.74, 6) is 0.184. The van der Waals surface area contributed by atoms with Crippen LogP contribution in [0.3, 0.4) is 0 Å². The Balaban J connectivity index is 3.26. The normalized spacial score (nSPS) is 11.6. The first-order valence-corrected chi connectivity index (χ1v) is 4.99. The number of rotatable bonds is 2. The summed E-state index contributed by atoms with van der Waals surface area (Å²) in [5, 5.41) is 0. The van der Waals surface area contributed by atoms with Crippen LogP contribution in [0.15, 0.2) is 18.2 Å². The Bertz CT molecular complexity index is 348. The molecule has 0 saturated heterocycles. The lowest BCUT2D eigenvalue weighted by Gasteiger charge is -2.11. The molecule has 0 heterocycles. The maximum absolute atomic E-state index is 13.8. The van der Waals surface area contributed by atoms with Crippen molar-refractivity contribution in [2.24, 2.45) is 0 Å². The fourth-order valence-corrected chi connectivity index (χ4v) is 1.53. The van der Waals surface area contributed by atoms with E-state index in [1.807, 2.05) is 52.0 Å². The Hall–Kier alpha value is -1.11. The predicted molar refractivity (Wildman–Crippen MR) is 59.9 cm³/mol. The molecular weight excluding hydrogens is 175 g/mol. The fraction of sp³-hybridized carbons (Fsp3) is 0.385. The number of halogens is 1. The van der Waals surface area contributed by atoms with Crippen LogP contribution in [-0.4, -0.2) is 0 Å². The maximum Gasteiger partial charge on any atom is 0.130 e. The van der Waals surface area contributed by atoms with E-state index in [1.54, 1.807) is 0 Å². The Morgan fingerprint density at radius 2 is 1.93 bits per heavy atom. The van der Waals surface area contributed by atoms with Gasteiger partial charge in [-0.25, -0.2) is 4.39 Å². The minimum absolute atomic E-state index is 0.0596. The first-order valence-electron chi connectivity index (χ1n) is 4.99. The van der Waals surface area contributed by atoms with Crippen LogP contribution in [0.5, 0.6) is 0 Å². The van der Waals surface area contributed by atoms with Crippen molar-refractivity contribution in [1.82, 2.24) is 0 Å². The monoisotopic (exact) mass is 192 g/mol. The summed E-state index contributed by atoms with van der Waals surface area (Å²) in [4.78, 5) is 0. The third kappa shape index (κ3) is 2.03. The van der Waals surface area contributed by atoms with Gasteiger partial charge in [-0.1, -0.05) is 38.1 Å². The molecule has 1 rings (SSSR count). The molecule has 0 aliphatic rings. The summed E-state index contributed by atoms with van der Waals surface area (Å²) in [7, 11) is 0. The van der Waals surface area contributed by atoms with Crippen LogP contribution in [0.4, 0.5) is 4.39 Å². The highest BCUT2D eigenvalue weighted by atomic mass is 19.1. The molecular formula is C13H17F. The molecule has 0 atom stereocenters. The van der Waals surface area contributed by atoms with Gasteiger partial charge in [0.2, 0.25) is 0 Å². The van der Waals surface area contributed by atoms with Crippen LogP contribution in [0.25, 0.3) is 6.08 Å². The average Bonchev–Trinajstić information content (AvgIpc) is 2.13. The molecule has 0 bridgehead atoms. The van der Waals surface area contributed by atoms with E-state index in [-0.39, 0.29) is 11.7 Å². The Morgan fingerprint density at radius 1 is 1.29 bits per heavy atom. The zero-order valence-corrected chi connectivity index (χ0v) is 9.26. The summed E-state index contributed by atoms with van der Waals surface area (Å²) in [6.07, 6.45) is 3.86. The fourth-order valence-electron chi connectivity index (χ4n) is 1.53. The standard InChI is InChI=1S/C13H17F/c1-5-6-11-7-8-12(9(2)3)13(14)10(11)4/h5-9H,1-4H3/b6-5-. The SMILES string of the molecule is C/C=C\c1ccc(C(C)C)c(F)c1C. The molecule has 0 fully saturated rings. The van der Waals surface area contributed by atoms with E-state index in [2.05, 4.69) is 0 Å². The Morgan fingerprint density at radius 3 is 2.43 bits per heavy atom. The van der Waals surface area contributed by atoms with Gasteiger partial charge < -0.3 is 0 Å². The van der Waals surface area contributed by atoms with Gasteiger partial charge in [0, 0.05) is 0 Å². The first kappa shape index (κ1) is 11.0. The summed E-state index contributed by atoms with van der Waals surface area (Å²) < 4.78 is 13.8. The van der Waals surface area contributed by atoms with E-state index >= 15 is 0 Å². The number of allylic oxidation sites excluding steroid dienone is 1. The van der Waals surface area contributed by atoms with E-state index in [4.69, 9.17) is 0 Å². The van der Waals surface area contributed by atoms with Gasteiger partial charge in [-0.15, -0.1) is 0 Å². The Kier molecular flexibility index (Phi) is 3.45. The van der Waals surface area contributed by atoms with Gasteiger partial charge in [0.1, 0.15) is 5.82 Å². The van der Waals surface area contributed by atoms with Gasteiger partial charge in [0.05, 0.1) is 0 Å². The molecule has 0 aliphatic carbocycles.